The predicted molar refractivity (Wildman–Crippen MR) is 92.5 cm³/mol. The topological polar surface area (TPSA) is 106 Å². The molecule has 10 heteroatoms. The fourth-order valence-corrected chi connectivity index (χ4v) is 3.29. The van der Waals surface area contributed by atoms with Gasteiger partial charge in [0.25, 0.3) is 11.8 Å². The number of nitrogens with zero attached hydrogens (tertiary/aromatic N) is 4. The van der Waals surface area contributed by atoms with Crippen LogP contribution < -0.4 is 5.32 Å². The second-order valence-electron chi connectivity index (χ2n) is 6.45. The minimum atomic E-state index is -2.81. The van der Waals surface area contributed by atoms with Crippen LogP contribution in [0.2, 0.25) is 0 Å². The van der Waals surface area contributed by atoms with Crippen LogP contribution in [0.15, 0.2) is 35.1 Å². The summed E-state index contributed by atoms with van der Waals surface area (Å²) in [5.74, 6) is -0.838. The number of rotatable bonds is 6. The number of aryl methyl sites for hydroxylation is 1. The second-order valence-corrected chi connectivity index (χ2v) is 6.45. The molecule has 0 saturated carbocycles. The van der Waals surface area contributed by atoms with Crippen molar-refractivity contribution in [3.05, 3.63) is 53.2 Å². The van der Waals surface area contributed by atoms with Gasteiger partial charge in [-0.3, -0.25) is 9.48 Å². The SMILES string of the molecule is O=C(N[C@@H]1CCc2cc(-c3noc(C(F)F)n3)ccc21)c1cnn(CCO)c1. The van der Waals surface area contributed by atoms with Crippen LogP contribution in [-0.4, -0.2) is 37.5 Å². The molecule has 2 N–H and O–H groups in total. The summed E-state index contributed by atoms with van der Waals surface area (Å²) in [6.07, 6.45) is 1.70. The summed E-state index contributed by atoms with van der Waals surface area (Å²) < 4.78 is 31.3. The van der Waals surface area contributed by atoms with Crippen molar-refractivity contribution in [2.24, 2.45) is 0 Å². The van der Waals surface area contributed by atoms with Crippen molar-refractivity contribution in [3.63, 3.8) is 0 Å². The molecule has 3 aromatic rings. The molecule has 8 nitrogen and oxygen atoms in total. The predicted octanol–water partition coefficient (Wildman–Crippen LogP) is 2.28. The number of carbonyl (C=O) groups excluding carboxylic acids is 1. The summed E-state index contributed by atoms with van der Waals surface area (Å²) >= 11 is 0. The van der Waals surface area contributed by atoms with Gasteiger partial charge in [-0.25, -0.2) is 0 Å². The number of benzene rings is 1. The average Bonchev–Trinajstić information content (AvgIpc) is 3.41. The highest BCUT2D eigenvalue weighted by Gasteiger charge is 2.26. The van der Waals surface area contributed by atoms with E-state index in [0.717, 1.165) is 24.0 Å². The molecule has 28 heavy (non-hydrogen) atoms. The smallest absolute Gasteiger partial charge is 0.315 e. The number of alkyl halides is 2. The van der Waals surface area contributed by atoms with Crippen molar-refractivity contribution >= 4 is 5.91 Å². The molecular weight excluding hydrogens is 372 g/mol. The zero-order valence-electron chi connectivity index (χ0n) is 14.7. The Morgan fingerprint density at radius 1 is 1.43 bits per heavy atom. The number of fused-ring (bicyclic) bond motifs is 1. The Morgan fingerprint density at radius 2 is 2.29 bits per heavy atom. The van der Waals surface area contributed by atoms with Crippen molar-refractivity contribution in [1.82, 2.24) is 25.2 Å². The fraction of sp³-hybridized carbons (Fsp3) is 0.333. The minimum Gasteiger partial charge on any atom is -0.394 e. The third-order valence-electron chi connectivity index (χ3n) is 4.64. The van der Waals surface area contributed by atoms with Gasteiger partial charge in [0.05, 0.1) is 31.0 Å². The number of hydrogen-bond acceptors (Lipinski definition) is 6. The first-order chi connectivity index (χ1) is 13.5. The van der Waals surface area contributed by atoms with Gasteiger partial charge in [-0.05, 0) is 30.0 Å². The molecule has 0 radical (unpaired) electrons. The van der Waals surface area contributed by atoms with Crippen molar-refractivity contribution in [2.75, 3.05) is 6.61 Å². The van der Waals surface area contributed by atoms with Gasteiger partial charge in [0.2, 0.25) is 5.82 Å². The van der Waals surface area contributed by atoms with E-state index in [4.69, 9.17) is 5.11 Å². The van der Waals surface area contributed by atoms with Gasteiger partial charge in [0, 0.05) is 11.8 Å². The second kappa shape index (κ2) is 7.47. The highest BCUT2D eigenvalue weighted by atomic mass is 19.3. The van der Waals surface area contributed by atoms with Crippen LogP contribution in [0.4, 0.5) is 8.78 Å². The molecule has 1 aromatic carbocycles. The lowest BCUT2D eigenvalue weighted by atomic mass is 10.0. The van der Waals surface area contributed by atoms with E-state index in [0.29, 0.717) is 17.7 Å². The monoisotopic (exact) mass is 389 g/mol. The van der Waals surface area contributed by atoms with E-state index < -0.39 is 12.3 Å². The van der Waals surface area contributed by atoms with E-state index in [9.17, 15) is 13.6 Å². The Hall–Kier alpha value is -3.14. The third-order valence-corrected chi connectivity index (χ3v) is 4.64. The minimum absolute atomic E-state index is 0.0553. The van der Waals surface area contributed by atoms with Crippen LogP contribution in [0, 0.1) is 0 Å². The summed E-state index contributed by atoms with van der Waals surface area (Å²) in [7, 11) is 0. The van der Waals surface area contributed by atoms with Crippen LogP contribution in [0.25, 0.3) is 11.4 Å². The first kappa shape index (κ1) is 18.2. The molecule has 0 fully saturated rings. The lowest BCUT2D eigenvalue weighted by Crippen LogP contribution is -2.26. The lowest BCUT2D eigenvalue weighted by molar-refractivity contribution is 0.0936. The third kappa shape index (κ3) is 3.50. The Balaban J connectivity index is 1.49. The molecule has 0 aliphatic heterocycles. The Morgan fingerprint density at radius 3 is 3.04 bits per heavy atom. The van der Waals surface area contributed by atoms with Gasteiger partial charge in [0.1, 0.15) is 0 Å². The van der Waals surface area contributed by atoms with Gasteiger partial charge in [0.15, 0.2) is 0 Å². The Bertz CT molecular complexity index is 1000. The summed E-state index contributed by atoms with van der Waals surface area (Å²) in [6.45, 7) is 0.270. The molecular formula is C18H17F2N5O3. The van der Waals surface area contributed by atoms with Crippen molar-refractivity contribution < 1.29 is 23.2 Å². The maximum atomic E-state index is 12.6. The van der Waals surface area contributed by atoms with E-state index in [1.165, 1.54) is 10.9 Å². The number of aromatic nitrogens is 4. The normalized spacial score (nSPS) is 15.8. The summed E-state index contributed by atoms with van der Waals surface area (Å²) in [6, 6.07) is 5.25. The number of aliphatic hydroxyl groups excluding tert-OH is 1. The van der Waals surface area contributed by atoms with Crippen molar-refractivity contribution in [3.8, 4) is 11.4 Å². The van der Waals surface area contributed by atoms with Crippen LogP contribution in [-0.2, 0) is 13.0 Å². The standard InChI is InChI=1S/C18H17F2N5O3/c19-15(20)18-23-16(24-28-18)11-1-3-13-10(7-11)2-4-14(13)22-17(27)12-8-21-25(9-12)5-6-26/h1,3,7-9,14-15,26H,2,4-6H2,(H,22,27)/t14-/m1/s1. The van der Waals surface area contributed by atoms with E-state index in [1.807, 2.05) is 12.1 Å². The van der Waals surface area contributed by atoms with E-state index in [2.05, 4.69) is 25.1 Å². The molecule has 1 amide bonds. The van der Waals surface area contributed by atoms with Gasteiger partial charge in [-0.2, -0.15) is 18.9 Å². The van der Waals surface area contributed by atoms with Gasteiger partial charge < -0.3 is 14.9 Å². The van der Waals surface area contributed by atoms with Gasteiger partial charge in [-0.1, -0.05) is 17.3 Å². The zero-order valence-corrected chi connectivity index (χ0v) is 14.7. The molecule has 0 spiro atoms. The number of nitrogens with one attached hydrogen (secondary N) is 1. The quantitative estimate of drug-likeness (QED) is 0.670. The largest absolute Gasteiger partial charge is 0.394 e. The van der Waals surface area contributed by atoms with Crippen LogP contribution in [0.1, 0.15) is 46.3 Å². The molecule has 0 saturated heterocycles. The van der Waals surface area contributed by atoms with E-state index in [1.54, 1.807) is 12.3 Å². The highest BCUT2D eigenvalue weighted by Crippen LogP contribution is 2.34. The molecule has 146 valence electrons. The number of carbonyl (C=O) groups is 1. The van der Waals surface area contributed by atoms with Crippen molar-refractivity contribution in [1.29, 1.82) is 0 Å². The number of aliphatic hydroxyl groups is 1. The zero-order chi connectivity index (χ0) is 19.7. The van der Waals surface area contributed by atoms with Crippen LogP contribution in [0.3, 0.4) is 0 Å². The van der Waals surface area contributed by atoms with Crippen LogP contribution in [0.5, 0.6) is 0 Å². The van der Waals surface area contributed by atoms with Gasteiger partial charge >= 0.3 is 6.43 Å². The molecule has 2 heterocycles. The Labute approximate surface area is 158 Å². The maximum absolute atomic E-state index is 12.6. The molecule has 1 atom stereocenters. The number of halogens is 2. The van der Waals surface area contributed by atoms with E-state index >= 15 is 0 Å². The first-order valence-electron chi connectivity index (χ1n) is 8.74. The molecule has 0 bridgehead atoms. The average molecular weight is 389 g/mol. The molecule has 2 aromatic heterocycles. The Kier molecular flexibility index (Phi) is 4.86. The highest BCUT2D eigenvalue weighted by molar-refractivity contribution is 5.94. The molecule has 1 aliphatic rings. The summed E-state index contributed by atoms with van der Waals surface area (Å²) in [4.78, 5) is 16.2. The number of hydrogen-bond donors (Lipinski definition) is 2. The first-order valence-corrected chi connectivity index (χ1v) is 8.74. The molecule has 1 aliphatic carbocycles. The number of amides is 1. The fourth-order valence-electron chi connectivity index (χ4n) is 3.29. The maximum Gasteiger partial charge on any atom is 0.315 e. The van der Waals surface area contributed by atoms with Crippen molar-refractivity contribution in [2.45, 2.75) is 31.9 Å². The lowest BCUT2D eigenvalue weighted by Gasteiger charge is -2.13. The molecule has 4 rings (SSSR count). The van der Waals surface area contributed by atoms with E-state index in [-0.39, 0.29) is 24.4 Å². The molecule has 0 unspecified atom stereocenters. The summed E-state index contributed by atoms with van der Waals surface area (Å²) in [5, 5.41) is 19.5. The van der Waals surface area contributed by atoms with Gasteiger partial charge in [-0.15, -0.1) is 0 Å². The summed E-state index contributed by atoms with van der Waals surface area (Å²) in [5.41, 5.74) is 2.98. The van der Waals surface area contributed by atoms with Crippen LogP contribution >= 0.6 is 0 Å².